The Labute approximate surface area is 191 Å². The van der Waals surface area contributed by atoms with Crippen molar-refractivity contribution in [2.45, 2.75) is 64.1 Å². The van der Waals surface area contributed by atoms with Crippen LogP contribution in [0.2, 0.25) is 0 Å². The van der Waals surface area contributed by atoms with Gasteiger partial charge in [0, 0.05) is 13.0 Å². The van der Waals surface area contributed by atoms with Crippen molar-refractivity contribution in [3.63, 3.8) is 0 Å². The molecule has 0 aromatic carbocycles. The number of hydrogen-bond acceptors (Lipinski definition) is 7. The number of guanidine groups is 1. The largest absolute Gasteiger partial charge is 0.481 e. The van der Waals surface area contributed by atoms with Crippen LogP contribution in [0.3, 0.4) is 0 Å². The number of hydrogen-bond donors (Lipinski definition) is 8. The fourth-order valence-electron chi connectivity index (χ4n) is 2.65. The Balaban J connectivity index is 5.45. The Bertz CT molecular complexity index is 725. The maximum atomic E-state index is 12.9. The predicted octanol–water partition coefficient (Wildman–Crippen LogP) is -2.55. The van der Waals surface area contributed by atoms with E-state index in [4.69, 9.17) is 27.4 Å². The lowest BCUT2D eigenvalue weighted by molar-refractivity contribution is -0.140. The SMILES string of the molecule is CCC(C)C(N)C(=O)NC(CCCN=C(N)N)C(=O)NC(CCC(=O)O)C(=O)NCC(=O)O. The summed E-state index contributed by atoms with van der Waals surface area (Å²) in [5.41, 5.74) is 16.5. The molecule has 0 aromatic rings. The van der Waals surface area contributed by atoms with E-state index in [2.05, 4.69) is 20.9 Å². The normalized spacial score (nSPS) is 14.2. The molecule has 188 valence electrons. The molecule has 0 aliphatic rings. The van der Waals surface area contributed by atoms with E-state index in [1.165, 1.54) is 0 Å². The quantitative estimate of drug-likeness (QED) is 0.0661. The number of rotatable bonds is 16. The molecule has 33 heavy (non-hydrogen) atoms. The summed E-state index contributed by atoms with van der Waals surface area (Å²) in [5, 5.41) is 24.7. The number of nitrogens with one attached hydrogen (secondary N) is 3. The summed E-state index contributed by atoms with van der Waals surface area (Å²) in [7, 11) is 0. The van der Waals surface area contributed by atoms with Crippen LogP contribution in [0.4, 0.5) is 0 Å². The monoisotopic (exact) mass is 473 g/mol. The van der Waals surface area contributed by atoms with Crippen LogP contribution in [0.25, 0.3) is 0 Å². The molecule has 4 atom stereocenters. The molecule has 0 aliphatic heterocycles. The smallest absolute Gasteiger partial charge is 0.322 e. The standard InChI is InChI=1S/C19H35N7O7/c1-3-10(2)15(20)18(33)26-11(5-4-8-23-19(21)22)17(32)25-12(6-7-13(27)28)16(31)24-9-14(29)30/h10-12,15H,3-9,20H2,1-2H3,(H,24,31)(H,25,32)(H,26,33)(H,27,28)(H,29,30)(H4,21,22,23). The highest BCUT2D eigenvalue weighted by Crippen LogP contribution is 2.08. The molecule has 0 aliphatic carbocycles. The zero-order valence-corrected chi connectivity index (χ0v) is 18.9. The maximum Gasteiger partial charge on any atom is 0.322 e. The number of nitrogens with zero attached hydrogens (tertiary/aromatic N) is 1. The van der Waals surface area contributed by atoms with Crippen molar-refractivity contribution in [3.05, 3.63) is 0 Å². The summed E-state index contributed by atoms with van der Waals surface area (Å²) in [6.45, 7) is 3.12. The summed E-state index contributed by atoms with van der Waals surface area (Å²) in [4.78, 5) is 63.1. The van der Waals surface area contributed by atoms with Gasteiger partial charge in [-0.2, -0.15) is 0 Å². The summed E-state index contributed by atoms with van der Waals surface area (Å²) in [5.74, 6) is -5.00. The minimum atomic E-state index is -1.33. The molecule has 0 saturated heterocycles. The van der Waals surface area contributed by atoms with Gasteiger partial charge in [-0.3, -0.25) is 29.0 Å². The summed E-state index contributed by atoms with van der Waals surface area (Å²) < 4.78 is 0. The third kappa shape index (κ3) is 12.9. The van der Waals surface area contributed by atoms with Gasteiger partial charge in [0.2, 0.25) is 17.7 Å². The fourth-order valence-corrected chi connectivity index (χ4v) is 2.65. The molecule has 14 nitrogen and oxygen atoms in total. The minimum absolute atomic E-state index is 0.101. The van der Waals surface area contributed by atoms with Crippen LogP contribution < -0.4 is 33.2 Å². The molecule has 14 heteroatoms. The highest BCUT2D eigenvalue weighted by atomic mass is 16.4. The summed E-state index contributed by atoms with van der Waals surface area (Å²) in [6, 6.07) is -3.31. The Kier molecular flexibility index (Phi) is 13.8. The second-order valence-electron chi connectivity index (χ2n) is 7.53. The lowest BCUT2D eigenvalue weighted by Crippen LogP contribution is -2.56. The molecule has 0 radical (unpaired) electrons. The van der Waals surface area contributed by atoms with Crippen molar-refractivity contribution >= 4 is 35.6 Å². The lowest BCUT2D eigenvalue weighted by atomic mass is 9.98. The fraction of sp³-hybridized carbons (Fsp3) is 0.684. The molecular formula is C19H35N7O7. The highest BCUT2D eigenvalue weighted by Gasteiger charge is 2.29. The number of nitrogens with two attached hydrogens (primary N) is 3. The van der Waals surface area contributed by atoms with Crippen molar-refractivity contribution in [3.8, 4) is 0 Å². The number of aliphatic imine (C=N–C) groups is 1. The Morgan fingerprint density at radius 3 is 2.00 bits per heavy atom. The first kappa shape index (κ1) is 29.6. The van der Waals surface area contributed by atoms with Gasteiger partial charge in [-0.1, -0.05) is 20.3 Å². The first-order valence-electron chi connectivity index (χ1n) is 10.5. The van der Waals surface area contributed by atoms with Crippen LogP contribution in [0.15, 0.2) is 4.99 Å². The van der Waals surface area contributed by atoms with E-state index >= 15 is 0 Å². The van der Waals surface area contributed by atoms with E-state index in [-0.39, 0.29) is 31.3 Å². The number of carboxylic acid groups (broad SMARTS) is 2. The van der Waals surface area contributed by atoms with Crippen molar-refractivity contribution in [1.29, 1.82) is 0 Å². The van der Waals surface area contributed by atoms with Crippen molar-refractivity contribution in [2.75, 3.05) is 13.1 Å². The van der Waals surface area contributed by atoms with Crippen LogP contribution in [0.5, 0.6) is 0 Å². The molecule has 0 saturated carbocycles. The average molecular weight is 474 g/mol. The molecule has 0 fully saturated rings. The topological polar surface area (TPSA) is 252 Å². The van der Waals surface area contributed by atoms with E-state index in [1.54, 1.807) is 6.92 Å². The first-order chi connectivity index (χ1) is 15.4. The van der Waals surface area contributed by atoms with Gasteiger partial charge in [-0.15, -0.1) is 0 Å². The van der Waals surface area contributed by atoms with Crippen LogP contribution in [-0.4, -0.2) is 77.0 Å². The van der Waals surface area contributed by atoms with E-state index < -0.39 is 60.8 Å². The van der Waals surface area contributed by atoms with Gasteiger partial charge in [0.25, 0.3) is 0 Å². The Morgan fingerprint density at radius 1 is 0.909 bits per heavy atom. The number of carboxylic acids is 2. The molecule has 4 unspecified atom stereocenters. The highest BCUT2D eigenvalue weighted by molar-refractivity contribution is 5.93. The second kappa shape index (κ2) is 15.4. The van der Waals surface area contributed by atoms with Gasteiger partial charge in [0.05, 0.1) is 6.04 Å². The van der Waals surface area contributed by atoms with Crippen LogP contribution in [0, 0.1) is 5.92 Å². The number of carbonyl (C=O) groups excluding carboxylic acids is 3. The van der Waals surface area contributed by atoms with Crippen LogP contribution in [0.1, 0.15) is 46.0 Å². The Hall–Kier alpha value is -3.42. The maximum absolute atomic E-state index is 12.9. The lowest BCUT2D eigenvalue weighted by Gasteiger charge is -2.25. The molecule has 3 amide bonds. The van der Waals surface area contributed by atoms with Gasteiger partial charge < -0.3 is 43.4 Å². The van der Waals surface area contributed by atoms with Gasteiger partial charge in [0.15, 0.2) is 5.96 Å². The van der Waals surface area contributed by atoms with E-state index in [9.17, 15) is 24.0 Å². The first-order valence-corrected chi connectivity index (χ1v) is 10.5. The zero-order chi connectivity index (χ0) is 25.6. The average Bonchev–Trinajstić information content (AvgIpc) is 2.74. The molecule has 0 spiro atoms. The third-order valence-corrected chi connectivity index (χ3v) is 4.83. The number of amides is 3. The predicted molar refractivity (Wildman–Crippen MR) is 119 cm³/mol. The molecule has 11 N–H and O–H groups in total. The van der Waals surface area contributed by atoms with E-state index in [0.29, 0.717) is 12.8 Å². The second-order valence-corrected chi connectivity index (χ2v) is 7.53. The van der Waals surface area contributed by atoms with Crippen molar-refractivity contribution in [2.24, 2.45) is 28.1 Å². The van der Waals surface area contributed by atoms with Gasteiger partial charge in [-0.25, -0.2) is 0 Å². The number of aliphatic carboxylic acids is 2. The molecule has 0 heterocycles. The molecule has 0 bridgehead atoms. The number of carbonyl (C=O) groups is 5. The molecule has 0 aromatic heterocycles. The van der Waals surface area contributed by atoms with Gasteiger partial charge in [-0.05, 0) is 25.2 Å². The van der Waals surface area contributed by atoms with Gasteiger partial charge >= 0.3 is 11.9 Å². The van der Waals surface area contributed by atoms with E-state index in [1.807, 2.05) is 6.92 Å². The van der Waals surface area contributed by atoms with Gasteiger partial charge in [0.1, 0.15) is 18.6 Å². The van der Waals surface area contributed by atoms with Crippen molar-refractivity contribution in [1.82, 2.24) is 16.0 Å². The van der Waals surface area contributed by atoms with Crippen molar-refractivity contribution < 1.29 is 34.2 Å². The third-order valence-electron chi connectivity index (χ3n) is 4.83. The summed E-state index contributed by atoms with van der Waals surface area (Å²) >= 11 is 0. The molecular weight excluding hydrogens is 438 g/mol. The Morgan fingerprint density at radius 2 is 1.48 bits per heavy atom. The molecule has 0 rings (SSSR count). The minimum Gasteiger partial charge on any atom is -0.481 e. The summed E-state index contributed by atoms with van der Waals surface area (Å²) in [6.07, 6.45) is 0.306. The van der Waals surface area contributed by atoms with Crippen LogP contribution in [-0.2, 0) is 24.0 Å². The van der Waals surface area contributed by atoms with Crippen LogP contribution >= 0.6 is 0 Å². The zero-order valence-electron chi connectivity index (χ0n) is 18.9. The van der Waals surface area contributed by atoms with E-state index in [0.717, 1.165) is 0 Å².